The number of aromatic amines is 1. The van der Waals surface area contributed by atoms with Crippen LogP contribution in [0, 0.1) is 0 Å². The number of hydrogen-bond acceptors (Lipinski definition) is 9. The first-order chi connectivity index (χ1) is 21.0. The Morgan fingerprint density at radius 3 is 2.84 bits per heavy atom. The SMILES string of the molecule is COCCC(NCCOC1=CC=C2CC1OCC(=O)N(C)CCCN(C)Cc1c[nH]c3ncnc(c13)N2)c1ccccc1. The average Bonchev–Trinajstić information content (AvgIpc) is 3.43. The maximum absolute atomic E-state index is 12.9. The van der Waals surface area contributed by atoms with E-state index in [1.807, 2.05) is 43.6 Å². The number of nitrogens with one attached hydrogen (secondary N) is 3. The van der Waals surface area contributed by atoms with E-state index in [2.05, 4.69) is 49.7 Å². The molecule has 0 saturated heterocycles. The fourth-order valence-corrected chi connectivity index (χ4v) is 5.50. The molecule has 3 N–H and O–H groups in total. The number of ether oxygens (including phenoxy) is 3. The van der Waals surface area contributed by atoms with Gasteiger partial charge in [-0.05, 0) is 49.7 Å². The van der Waals surface area contributed by atoms with E-state index in [-0.39, 0.29) is 18.6 Å². The molecule has 3 aromatic rings. The Labute approximate surface area is 253 Å². The van der Waals surface area contributed by atoms with Crippen LogP contribution in [-0.4, -0.2) is 97.4 Å². The molecule has 11 nitrogen and oxygen atoms in total. The summed E-state index contributed by atoms with van der Waals surface area (Å²) in [4.78, 5) is 29.2. The minimum Gasteiger partial charge on any atom is -0.494 e. The van der Waals surface area contributed by atoms with E-state index in [9.17, 15) is 4.79 Å². The summed E-state index contributed by atoms with van der Waals surface area (Å²) in [6.45, 7) is 4.00. The van der Waals surface area contributed by atoms with Crippen molar-refractivity contribution in [1.82, 2.24) is 30.1 Å². The number of anilines is 1. The highest BCUT2D eigenvalue weighted by atomic mass is 16.5. The number of fused-ring (bicyclic) bond motifs is 2. The van der Waals surface area contributed by atoms with Crippen molar-refractivity contribution in [3.8, 4) is 0 Å². The Morgan fingerprint density at radius 1 is 1.14 bits per heavy atom. The van der Waals surface area contributed by atoms with Gasteiger partial charge in [0.2, 0.25) is 5.91 Å². The van der Waals surface area contributed by atoms with Gasteiger partial charge < -0.3 is 39.6 Å². The third kappa shape index (κ3) is 8.20. The zero-order valence-electron chi connectivity index (χ0n) is 25.3. The molecule has 1 aliphatic carbocycles. The number of rotatable bonds is 9. The van der Waals surface area contributed by atoms with Crippen LogP contribution in [0.5, 0.6) is 0 Å². The molecular formula is C32H43N7O4. The smallest absolute Gasteiger partial charge is 0.248 e. The maximum atomic E-state index is 12.9. The second-order valence-electron chi connectivity index (χ2n) is 11.1. The van der Waals surface area contributed by atoms with Crippen LogP contribution in [0.4, 0.5) is 5.82 Å². The van der Waals surface area contributed by atoms with E-state index in [0.29, 0.717) is 38.5 Å². The molecule has 0 fully saturated rings. The first-order valence-corrected chi connectivity index (χ1v) is 14.9. The van der Waals surface area contributed by atoms with Crippen LogP contribution in [-0.2, 0) is 25.5 Å². The fraction of sp³-hybridized carbons (Fsp3) is 0.469. The van der Waals surface area contributed by atoms with Gasteiger partial charge in [0.05, 0.1) is 5.39 Å². The lowest BCUT2D eigenvalue weighted by atomic mass is 10.0. The molecule has 2 atom stereocenters. The van der Waals surface area contributed by atoms with Crippen molar-refractivity contribution in [3.63, 3.8) is 0 Å². The lowest BCUT2D eigenvalue weighted by Crippen LogP contribution is -2.35. The Bertz CT molecular complexity index is 1410. The summed E-state index contributed by atoms with van der Waals surface area (Å²) < 4.78 is 17.8. The highest BCUT2D eigenvalue weighted by molar-refractivity contribution is 5.91. The minimum atomic E-state index is -0.412. The summed E-state index contributed by atoms with van der Waals surface area (Å²) in [5, 5.41) is 8.08. The quantitative estimate of drug-likeness (QED) is 0.322. The zero-order chi connectivity index (χ0) is 30.0. The molecule has 5 rings (SSSR count). The largest absolute Gasteiger partial charge is 0.494 e. The molecule has 43 heavy (non-hydrogen) atoms. The van der Waals surface area contributed by atoms with Crippen molar-refractivity contribution < 1.29 is 19.0 Å². The van der Waals surface area contributed by atoms with Crippen molar-refractivity contribution in [2.24, 2.45) is 0 Å². The van der Waals surface area contributed by atoms with Gasteiger partial charge in [-0.1, -0.05) is 30.3 Å². The van der Waals surface area contributed by atoms with Gasteiger partial charge in [0.25, 0.3) is 0 Å². The van der Waals surface area contributed by atoms with Crippen LogP contribution in [0.25, 0.3) is 11.0 Å². The number of amides is 1. The van der Waals surface area contributed by atoms with Crippen molar-refractivity contribution in [1.29, 1.82) is 0 Å². The normalized spacial score (nSPS) is 19.5. The van der Waals surface area contributed by atoms with Crippen LogP contribution in [0.3, 0.4) is 0 Å². The van der Waals surface area contributed by atoms with E-state index in [4.69, 9.17) is 14.2 Å². The number of likely N-dealkylation sites (N-methyl/N-ethyl adjacent to an activating group) is 1. The van der Waals surface area contributed by atoms with Gasteiger partial charge in [-0.3, -0.25) is 4.79 Å². The van der Waals surface area contributed by atoms with E-state index in [1.165, 1.54) is 5.56 Å². The molecule has 2 aromatic heterocycles. The number of benzene rings is 1. The Morgan fingerprint density at radius 2 is 2.00 bits per heavy atom. The maximum Gasteiger partial charge on any atom is 0.248 e. The van der Waals surface area contributed by atoms with Gasteiger partial charge in [-0.25, -0.2) is 9.97 Å². The predicted molar refractivity (Wildman–Crippen MR) is 166 cm³/mol. The molecule has 0 saturated carbocycles. The first kappa shape index (κ1) is 30.7. The molecule has 1 aromatic carbocycles. The number of carbonyl (C=O) groups excluding carboxylic acids is 1. The number of allylic oxidation sites excluding steroid dienone is 2. The highest BCUT2D eigenvalue weighted by Gasteiger charge is 2.25. The average molecular weight is 590 g/mol. The zero-order valence-corrected chi connectivity index (χ0v) is 25.3. The third-order valence-electron chi connectivity index (χ3n) is 7.88. The topological polar surface area (TPSA) is 117 Å². The van der Waals surface area contributed by atoms with Gasteiger partial charge in [-0.2, -0.15) is 0 Å². The molecule has 11 heteroatoms. The van der Waals surface area contributed by atoms with Gasteiger partial charge >= 0.3 is 0 Å². The number of nitrogens with zero attached hydrogens (tertiary/aromatic N) is 4. The summed E-state index contributed by atoms with van der Waals surface area (Å²) in [5.74, 6) is 1.40. The van der Waals surface area contributed by atoms with Crippen molar-refractivity contribution in [3.05, 3.63) is 77.6 Å². The number of hydrogen-bond donors (Lipinski definition) is 3. The van der Waals surface area contributed by atoms with Crippen LogP contribution < -0.4 is 10.6 Å². The van der Waals surface area contributed by atoms with E-state index < -0.39 is 6.10 Å². The summed E-state index contributed by atoms with van der Waals surface area (Å²) >= 11 is 0. The van der Waals surface area contributed by atoms with Crippen LogP contribution in [0.15, 0.2) is 66.5 Å². The second-order valence-corrected chi connectivity index (χ2v) is 11.1. The van der Waals surface area contributed by atoms with Gasteiger partial charge in [0, 0.05) is 64.8 Å². The van der Waals surface area contributed by atoms with Crippen LogP contribution in [0.2, 0.25) is 0 Å². The third-order valence-corrected chi connectivity index (χ3v) is 7.88. The minimum absolute atomic E-state index is 0.0178. The predicted octanol–water partition coefficient (Wildman–Crippen LogP) is 3.60. The highest BCUT2D eigenvalue weighted by Crippen LogP contribution is 2.29. The summed E-state index contributed by atoms with van der Waals surface area (Å²) in [6.07, 6.45) is 9.30. The molecule has 1 amide bonds. The fourth-order valence-electron chi connectivity index (χ4n) is 5.50. The summed E-state index contributed by atoms with van der Waals surface area (Å²) in [6, 6.07) is 10.5. The summed E-state index contributed by atoms with van der Waals surface area (Å²) in [5.41, 5.74) is 4.05. The number of H-pyrrole nitrogens is 1. The lowest BCUT2D eigenvalue weighted by Gasteiger charge is -2.28. The second kappa shape index (κ2) is 15.1. The Kier molecular flexibility index (Phi) is 10.8. The Hall–Kier alpha value is -3.77. The van der Waals surface area contributed by atoms with Crippen molar-refractivity contribution in [2.45, 2.75) is 38.0 Å². The van der Waals surface area contributed by atoms with Crippen molar-refractivity contribution >= 4 is 22.8 Å². The van der Waals surface area contributed by atoms with Gasteiger partial charge in [-0.15, -0.1) is 0 Å². The molecular weight excluding hydrogens is 546 g/mol. The molecule has 2 unspecified atom stereocenters. The van der Waals surface area contributed by atoms with Gasteiger partial charge in [0.15, 0.2) is 0 Å². The van der Waals surface area contributed by atoms with E-state index in [1.54, 1.807) is 18.3 Å². The van der Waals surface area contributed by atoms with Gasteiger partial charge in [0.1, 0.15) is 42.9 Å². The number of methoxy groups -OCH3 is 1. The van der Waals surface area contributed by atoms with Crippen molar-refractivity contribution in [2.75, 3.05) is 66.0 Å². The summed E-state index contributed by atoms with van der Waals surface area (Å²) in [7, 11) is 5.64. The number of carbonyl (C=O) groups is 1. The van der Waals surface area contributed by atoms with E-state index in [0.717, 1.165) is 54.0 Å². The lowest BCUT2D eigenvalue weighted by molar-refractivity contribution is -0.137. The first-order valence-electron chi connectivity index (χ1n) is 14.9. The van der Waals surface area contributed by atoms with Crippen LogP contribution >= 0.6 is 0 Å². The Balaban J connectivity index is 1.31. The molecule has 1 aliphatic heterocycles. The standard InChI is InChI=1S/C32H43N7O4/c1-38-14-7-15-39(2)29(40)21-43-28-18-25(37-32-30-24(20-38)19-34-31(30)35-22-36-32)10-11-27(28)42-17-13-33-26(12-16-41-3)23-8-5-4-6-9-23/h4-6,8-11,19,22,26,28,33H,7,12-18,20-21H2,1-3H3,(H2,34,35,36,37). The molecule has 230 valence electrons. The molecule has 2 aliphatic rings. The number of aromatic nitrogens is 3. The van der Waals surface area contributed by atoms with E-state index >= 15 is 0 Å². The molecule has 3 heterocycles. The molecule has 0 radical (unpaired) electrons. The monoisotopic (exact) mass is 589 g/mol. The molecule has 0 spiro atoms. The van der Waals surface area contributed by atoms with Crippen LogP contribution in [0.1, 0.15) is 36.4 Å². The molecule has 2 bridgehead atoms.